The highest BCUT2D eigenvalue weighted by atomic mass is 15.3. The normalized spacial score (nSPS) is 15.7. The lowest BCUT2D eigenvalue weighted by Crippen LogP contribution is -2.38. The van der Waals surface area contributed by atoms with E-state index in [1.165, 1.54) is 48.2 Å². The fraction of sp³-hybridized carbons (Fsp3) is 0.481. The first-order chi connectivity index (χ1) is 15.6. The molecule has 0 atom stereocenters. The van der Waals surface area contributed by atoms with Gasteiger partial charge in [0, 0.05) is 56.4 Å². The minimum absolute atomic E-state index is 0.396. The van der Waals surface area contributed by atoms with E-state index in [1.807, 2.05) is 24.7 Å². The molecule has 0 unspecified atom stereocenters. The van der Waals surface area contributed by atoms with Crippen LogP contribution < -0.4 is 0 Å². The molecule has 5 nitrogen and oxygen atoms in total. The number of benzene rings is 1. The molecule has 1 fully saturated rings. The second-order valence-electron chi connectivity index (χ2n) is 9.60. The van der Waals surface area contributed by atoms with Crippen molar-refractivity contribution in [3.63, 3.8) is 0 Å². The van der Waals surface area contributed by atoms with E-state index in [0.717, 1.165) is 32.1 Å². The van der Waals surface area contributed by atoms with Crippen molar-refractivity contribution in [2.75, 3.05) is 19.6 Å². The number of aryl methyl sites for hydroxylation is 1. The molecule has 0 radical (unpaired) electrons. The molecule has 1 aromatic carbocycles. The van der Waals surface area contributed by atoms with Crippen LogP contribution in [0, 0.1) is 12.8 Å². The molecule has 170 valence electrons. The van der Waals surface area contributed by atoms with Gasteiger partial charge < -0.3 is 0 Å². The average molecular weight is 432 g/mol. The molecule has 0 amide bonds. The third kappa shape index (κ3) is 6.27. The van der Waals surface area contributed by atoms with E-state index >= 15 is 0 Å². The Labute approximate surface area is 193 Å². The number of hydrogen-bond acceptors (Lipinski definition) is 4. The molecule has 4 rings (SSSR count). The number of nitrogens with zero attached hydrogens (tertiary/aromatic N) is 5. The zero-order chi connectivity index (χ0) is 22.3. The summed E-state index contributed by atoms with van der Waals surface area (Å²) >= 11 is 0. The molecule has 1 saturated heterocycles. The highest BCUT2D eigenvalue weighted by molar-refractivity contribution is 5.25. The lowest BCUT2D eigenvalue weighted by Gasteiger charge is -2.35. The lowest BCUT2D eigenvalue weighted by atomic mass is 9.95. The summed E-state index contributed by atoms with van der Waals surface area (Å²) in [7, 11) is 0. The Balaban J connectivity index is 1.35. The van der Waals surface area contributed by atoms with Gasteiger partial charge in [-0.2, -0.15) is 5.10 Å². The van der Waals surface area contributed by atoms with E-state index in [9.17, 15) is 0 Å². The van der Waals surface area contributed by atoms with Crippen LogP contribution in [0.25, 0.3) is 0 Å². The summed E-state index contributed by atoms with van der Waals surface area (Å²) in [5.41, 5.74) is 5.44. The van der Waals surface area contributed by atoms with Crippen LogP contribution in [0.5, 0.6) is 0 Å². The number of piperidine rings is 1. The van der Waals surface area contributed by atoms with Gasteiger partial charge in [0.05, 0.1) is 6.20 Å². The Morgan fingerprint density at radius 2 is 1.78 bits per heavy atom. The maximum atomic E-state index is 4.55. The molecule has 0 spiro atoms. The third-order valence-electron chi connectivity index (χ3n) is 6.60. The van der Waals surface area contributed by atoms with Crippen LogP contribution in [-0.2, 0) is 19.6 Å². The summed E-state index contributed by atoms with van der Waals surface area (Å²) in [6, 6.07) is 13.4. The third-order valence-corrected chi connectivity index (χ3v) is 6.60. The summed E-state index contributed by atoms with van der Waals surface area (Å²) in [6.07, 6.45) is 10.6. The van der Waals surface area contributed by atoms with Crippen LogP contribution in [0.4, 0.5) is 0 Å². The Hall–Kier alpha value is -2.50. The topological polar surface area (TPSA) is 37.2 Å². The highest BCUT2D eigenvalue weighted by Crippen LogP contribution is 2.23. The van der Waals surface area contributed by atoms with Gasteiger partial charge >= 0.3 is 0 Å². The summed E-state index contributed by atoms with van der Waals surface area (Å²) in [4.78, 5) is 9.53. The molecule has 3 aromatic rings. The predicted molar refractivity (Wildman–Crippen MR) is 130 cm³/mol. The maximum absolute atomic E-state index is 4.55. The fourth-order valence-corrected chi connectivity index (χ4v) is 4.66. The van der Waals surface area contributed by atoms with E-state index < -0.39 is 0 Å². The number of likely N-dealkylation sites (tertiary alicyclic amines) is 1. The summed E-state index contributed by atoms with van der Waals surface area (Å²) in [5.74, 6) is 0.736. The Bertz CT molecular complexity index is 957. The van der Waals surface area contributed by atoms with Crippen molar-refractivity contribution >= 4 is 0 Å². The van der Waals surface area contributed by atoms with E-state index in [1.54, 1.807) is 0 Å². The van der Waals surface area contributed by atoms with E-state index in [-0.39, 0.29) is 0 Å². The van der Waals surface area contributed by atoms with Gasteiger partial charge in [0.1, 0.15) is 0 Å². The zero-order valence-electron chi connectivity index (χ0n) is 19.8. The minimum Gasteiger partial charge on any atom is -0.299 e. The Morgan fingerprint density at radius 3 is 2.47 bits per heavy atom. The van der Waals surface area contributed by atoms with Gasteiger partial charge in [-0.15, -0.1) is 0 Å². The van der Waals surface area contributed by atoms with Crippen molar-refractivity contribution in [3.8, 4) is 0 Å². The maximum Gasteiger partial charge on any atom is 0.0534 e. The molecule has 2 aromatic heterocycles. The van der Waals surface area contributed by atoms with E-state index in [4.69, 9.17) is 0 Å². The molecular weight excluding hydrogens is 394 g/mol. The van der Waals surface area contributed by atoms with E-state index in [2.05, 4.69) is 81.9 Å². The van der Waals surface area contributed by atoms with Gasteiger partial charge in [-0.05, 0) is 75.4 Å². The van der Waals surface area contributed by atoms with Crippen molar-refractivity contribution in [2.24, 2.45) is 5.92 Å². The summed E-state index contributed by atoms with van der Waals surface area (Å²) < 4.78 is 2.06. The molecule has 1 aliphatic rings. The van der Waals surface area contributed by atoms with Crippen molar-refractivity contribution in [3.05, 3.63) is 83.4 Å². The van der Waals surface area contributed by atoms with Crippen LogP contribution in [0.2, 0.25) is 0 Å². The van der Waals surface area contributed by atoms with Crippen molar-refractivity contribution in [2.45, 2.75) is 59.3 Å². The molecule has 32 heavy (non-hydrogen) atoms. The van der Waals surface area contributed by atoms with Crippen molar-refractivity contribution < 1.29 is 0 Å². The first-order valence-electron chi connectivity index (χ1n) is 12.0. The molecule has 3 heterocycles. The molecule has 0 bridgehead atoms. The second kappa shape index (κ2) is 10.9. The van der Waals surface area contributed by atoms with Gasteiger partial charge in [-0.25, -0.2) is 0 Å². The van der Waals surface area contributed by atoms with Crippen LogP contribution in [0.3, 0.4) is 0 Å². The van der Waals surface area contributed by atoms with Gasteiger partial charge in [0.2, 0.25) is 0 Å². The Kier molecular flexibility index (Phi) is 7.72. The molecule has 0 N–H and O–H groups in total. The van der Waals surface area contributed by atoms with Crippen LogP contribution in [-0.4, -0.2) is 44.2 Å². The zero-order valence-corrected chi connectivity index (χ0v) is 19.8. The average Bonchev–Trinajstić information content (AvgIpc) is 3.26. The van der Waals surface area contributed by atoms with Gasteiger partial charge in [0.15, 0.2) is 0 Å². The number of hydrogen-bond donors (Lipinski definition) is 0. The Morgan fingerprint density at radius 1 is 1.00 bits per heavy atom. The summed E-state index contributed by atoms with van der Waals surface area (Å²) in [6.45, 7) is 13.0. The van der Waals surface area contributed by atoms with E-state index in [0.29, 0.717) is 6.04 Å². The molecule has 1 aliphatic heterocycles. The van der Waals surface area contributed by atoms with Crippen LogP contribution in [0.15, 0.2) is 61.2 Å². The molecule has 0 aliphatic carbocycles. The summed E-state index contributed by atoms with van der Waals surface area (Å²) in [5, 5.41) is 4.55. The van der Waals surface area contributed by atoms with Gasteiger partial charge in [-0.1, -0.05) is 30.3 Å². The molecule has 0 saturated carbocycles. The fourth-order valence-electron chi connectivity index (χ4n) is 4.66. The smallest absolute Gasteiger partial charge is 0.0534 e. The highest BCUT2D eigenvalue weighted by Gasteiger charge is 2.22. The van der Waals surface area contributed by atoms with Gasteiger partial charge in [0.25, 0.3) is 0 Å². The standard InChI is InChI=1S/C27H37N5/c1-22(2)32-20-26(16-29-32)19-31(18-25-8-6-12-28-15-25)17-24-10-13-30(14-11-24)21-27-9-5-4-7-23(27)3/h4-9,12,15-16,20,22,24H,10-11,13-14,17-19,21H2,1-3H3. The number of aromatic nitrogens is 3. The number of rotatable bonds is 9. The molecular formula is C27H37N5. The van der Waals surface area contributed by atoms with Crippen molar-refractivity contribution in [1.82, 2.24) is 24.6 Å². The van der Waals surface area contributed by atoms with Crippen molar-refractivity contribution in [1.29, 1.82) is 0 Å². The number of pyridine rings is 1. The molecule has 5 heteroatoms. The SMILES string of the molecule is Cc1ccccc1CN1CCC(CN(Cc2cccnc2)Cc2cnn(C(C)C)c2)CC1. The largest absolute Gasteiger partial charge is 0.299 e. The first kappa shape index (κ1) is 22.7. The quantitative estimate of drug-likeness (QED) is 0.473. The van der Waals surface area contributed by atoms with Crippen LogP contribution in [0.1, 0.15) is 55.0 Å². The lowest BCUT2D eigenvalue weighted by molar-refractivity contribution is 0.132. The first-order valence-corrected chi connectivity index (χ1v) is 12.0. The second-order valence-corrected chi connectivity index (χ2v) is 9.60. The van der Waals surface area contributed by atoms with Gasteiger partial charge in [-0.3, -0.25) is 19.5 Å². The minimum atomic E-state index is 0.396. The predicted octanol–water partition coefficient (Wildman–Crippen LogP) is 5.08. The monoisotopic (exact) mass is 431 g/mol. The van der Waals surface area contributed by atoms with Crippen LogP contribution >= 0.6 is 0 Å².